The van der Waals surface area contributed by atoms with Gasteiger partial charge in [-0.2, -0.15) is 0 Å². The molecule has 1 heterocycles. The number of aliphatic hydroxyl groups excluding tert-OH is 1. The van der Waals surface area contributed by atoms with Crippen molar-refractivity contribution in [1.29, 1.82) is 0 Å². The highest BCUT2D eigenvalue weighted by Crippen LogP contribution is 2.09. The lowest BCUT2D eigenvalue weighted by molar-refractivity contribution is 0.213. The number of pyridine rings is 1. The lowest BCUT2D eigenvalue weighted by atomic mass is 10.1. The third-order valence-electron chi connectivity index (χ3n) is 3.57. The molecule has 0 aliphatic rings. The Kier molecular flexibility index (Phi) is 6.08. The average molecular weight is 333 g/mol. The largest absolute Gasteiger partial charge is 0.394 e. The van der Waals surface area contributed by atoms with Crippen LogP contribution in [0.5, 0.6) is 0 Å². The first kappa shape index (κ1) is 17.7. The molecule has 24 heavy (non-hydrogen) atoms. The lowest BCUT2D eigenvalue weighted by Gasteiger charge is -2.20. The predicted octanol–water partition coefficient (Wildman–Crippen LogP) is 1.48. The summed E-state index contributed by atoms with van der Waals surface area (Å²) in [6.45, 7) is 1.47. The maximum atomic E-state index is 13.2. The molecule has 0 fully saturated rings. The van der Waals surface area contributed by atoms with Crippen LogP contribution in [0.2, 0.25) is 0 Å². The summed E-state index contributed by atoms with van der Waals surface area (Å²) < 4.78 is 13.2. The highest BCUT2D eigenvalue weighted by Gasteiger charge is 2.15. The number of urea groups is 1. The summed E-state index contributed by atoms with van der Waals surface area (Å²) in [6.07, 6.45) is 1.81. The first-order chi connectivity index (χ1) is 11.5. The number of aromatic nitrogens is 1. The standard InChI is InChI=1S/C17H20FN3O3/c1-11(13-5-6-19-16(23)9-13)20-17(24)21-15(10-22)8-12-3-2-4-14(18)7-12/h2-7,9,11,15,22H,8,10H2,1H3,(H,19,23)(H2,20,21,24). The van der Waals surface area contributed by atoms with Crippen LogP contribution in [0.3, 0.4) is 0 Å². The molecule has 0 saturated carbocycles. The van der Waals surface area contributed by atoms with E-state index in [1.54, 1.807) is 25.1 Å². The van der Waals surface area contributed by atoms with Crippen LogP contribution in [0, 0.1) is 5.82 Å². The Balaban J connectivity index is 1.93. The van der Waals surface area contributed by atoms with Crippen molar-refractivity contribution in [1.82, 2.24) is 15.6 Å². The van der Waals surface area contributed by atoms with Gasteiger partial charge in [-0.05, 0) is 42.7 Å². The minimum atomic E-state index is -0.543. The SMILES string of the molecule is CC(NC(=O)NC(CO)Cc1cccc(F)c1)c1cc[nH]c(=O)c1. The van der Waals surface area contributed by atoms with Gasteiger partial charge in [0.1, 0.15) is 5.82 Å². The molecular formula is C17H20FN3O3. The van der Waals surface area contributed by atoms with E-state index < -0.39 is 12.1 Å². The number of hydrogen-bond acceptors (Lipinski definition) is 3. The number of halogens is 1. The van der Waals surface area contributed by atoms with Gasteiger partial charge in [-0.25, -0.2) is 9.18 Å². The Morgan fingerprint density at radius 1 is 1.29 bits per heavy atom. The highest BCUT2D eigenvalue weighted by atomic mass is 19.1. The maximum absolute atomic E-state index is 13.2. The maximum Gasteiger partial charge on any atom is 0.315 e. The summed E-state index contributed by atoms with van der Waals surface area (Å²) in [5.41, 5.74) is 1.09. The number of benzene rings is 1. The third-order valence-corrected chi connectivity index (χ3v) is 3.57. The summed E-state index contributed by atoms with van der Waals surface area (Å²) in [6, 6.07) is 7.71. The van der Waals surface area contributed by atoms with E-state index in [2.05, 4.69) is 15.6 Å². The zero-order chi connectivity index (χ0) is 17.5. The molecule has 0 radical (unpaired) electrons. The Morgan fingerprint density at radius 2 is 2.08 bits per heavy atom. The second kappa shape index (κ2) is 8.26. The molecule has 6 nitrogen and oxygen atoms in total. The van der Waals surface area contributed by atoms with Gasteiger partial charge in [0.25, 0.3) is 0 Å². The van der Waals surface area contributed by atoms with Crippen LogP contribution in [0.1, 0.15) is 24.1 Å². The fourth-order valence-corrected chi connectivity index (χ4v) is 2.35. The van der Waals surface area contributed by atoms with E-state index in [4.69, 9.17) is 0 Å². The second-order valence-electron chi connectivity index (χ2n) is 5.54. The van der Waals surface area contributed by atoms with Crippen LogP contribution in [0.25, 0.3) is 0 Å². The van der Waals surface area contributed by atoms with Gasteiger partial charge in [0.15, 0.2) is 0 Å². The van der Waals surface area contributed by atoms with Crippen LogP contribution < -0.4 is 16.2 Å². The number of carbonyl (C=O) groups excluding carboxylic acids is 1. The molecule has 2 amide bonds. The molecule has 7 heteroatoms. The number of H-pyrrole nitrogens is 1. The van der Waals surface area contributed by atoms with Crippen molar-refractivity contribution in [3.8, 4) is 0 Å². The third kappa shape index (κ3) is 5.20. The lowest BCUT2D eigenvalue weighted by Crippen LogP contribution is -2.45. The van der Waals surface area contributed by atoms with Crippen molar-refractivity contribution < 1.29 is 14.3 Å². The molecule has 2 aromatic rings. The van der Waals surface area contributed by atoms with Crippen LogP contribution in [-0.2, 0) is 6.42 Å². The number of nitrogens with one attached hydrogen (secondary N) is 3. The zero-order valence-electron chi connectivity index (χ0n) is 13.3. The number of amides is 2. The van der Waals surface area contributed by atoms with Crippen molar-refractivity contribution in [2.24, 2.45) is 0 Å². The Bertz CT molecular complexity index is 748. The number of hydrogen-bond donors (Lipinski definition) is 4. The Morgan fingerprint density at radius 3 is 2.75 bits per heavy atom. The molecule has 2 rings (SSSR count). The minimum Gasteiger partial charge on any atom is -0.394 e. The van der Waals surface area contributed by atoms with Crippen molar-refractivity contribution in [2.45, 2.75) is 25.4 Å². The average Bonchev–Trinajstić information content (AvgIpc) is 2.54. The fourth-order valence-electron chi connectivity index (χ4n) is 2.35. The Hall–Kier alpha value is -2.67. The molecule has 0 bridgehead atoms. The van der Waals surface area contributed by atoms with Gasteiger partial charge >= 0.3 is 6.03 Å². The highest BCUT2D eigenvalue weighted by molar-refractivity contribution is 5.74. The van der Waals surface area contributed by atoms with E-state index in [0.29, 0.717) is 17.5 Å². The number of aliphatic hydroxyl groups is 1. The van der Waals surface area contributed by atoms with Crippen molar-refractivity contribution in [3.63, 3.8) is 0 Å². The molecule has 1 aromatic heterocycles. The smallest absolute Gasteiger partial charge is 0.315 e. The van der Waals surface area contributed by atoms with Crippen molar-refractivity contribution in [2.75, 3.05) is 6.61 Å². The van der Waals surface area contributed by atoms with E-state index in [9.17, 15) is 19.1 Å². The van der Waals surface area contributed by atoms with Gasteiger partial charge in [0, 0.05) is 12.3 Å². The second-order valence-corrected chi connectivity index (χ2v) is 5.54. The molecule has 0 spiro atoms. The van der Waals surface area contributed by atoms with Gasteiger partial charge < -0.3 is 20.7 Å². The summed E-state index contributed by atoms with van der Waals surface area (Å²) >= 11 is 0. The van der Waals surface area contributed by atoms with E-state index in [1.165, 1.54) is 24.4 Å². The predicted molar refractivity (Wildman–Crippen MR) is 88.1 cm³/mol. The van der Waals surface area contributed by atoms with Crippen LogP contribution in [-0.4, -0.2) is 28.8 Å². The molecular weight excluding hydrogens is 313 g/mol. The fraction of sp³-hybridized carbons (Fsp3) is 0.294. The van der Waals surface area contributed by atoms with Crippen LogP contribution >= 0.6 is 0 Å². The van der Waals surface area contributed by atoms with E-state index in [0.717, 1.165) is 0 Å². The van der Waals surface area contributed by atoms with Crippen LogP contribution in [0.15, 0.2) is 47.4 Å². The topological polar surface area (TPSA) is 94.2 Å². The van der Waals surface area contributed by atoms with E-state index in [1.807, 2.05) is 0 Å². The molecule has 0 aliphatic carbocycles. The van der Waals surface area contributed by atoms with Crippen molar-refractivity contribution >= 4 is 6.03 Å². The zero-order valence-corrected chi connectivity index (χ0v) is 13.3. The summed E-state index contributed by atoms with van der Waals surface area (Å²) in [5.74, 6) is -0.364. The van der Waals surface area contributed by atoms with Crippen LogP contribution in [0.4, 0.5) is 9.18 Å². The first-order valence-corrected chi connectivity index (χ1v) is 7.59. The minimum absolute atomic E-state index is 0.249. The van der Waals surface area contributed by atoms with Crippen molar-refractivity contribution in [3.05, 3.63) is 69.9 Å². The summed E-state index contributed by atoms with van der Waals surface area (Å²) in [7, 11) is 0. The summed E-state index contributed by atoms with van der Waals surface area (Å²) in [4.78, 5) is 25.8. The number of aromatic amines is 1. The number of carbonyl (C=O) groups is 1. The molecule has 2 unspecified atom stereocenters. The van der Waals surface area contributed by atoms with Gasteiger partial charge in [-0.3, -0.25) is 4.79 Å². The number of rotatable bonds is 6. The monoisotopic (exact) mass is 333 g/mol. The first-order valence-electron chi connectivity index (χ1n) is 7.59. The quantitative estimate of drug-likeness (QED) is 0.645. The van der Waals surface area contributed by atoms with Gasteiger partial charge in [-0.1, -0.05) is 12.1 Å². The molecule has 2 atom stereocenters. The Labute approximate surface area is 138 Å². The molecule has 1 aromatic carbocycles. The van der Waals surface area contributed by atoms with Gasteiger partial charge in [0.05, 0.1) is 18.7 Å². The van der Waals surface area contributed by atoms with Gasteiger partial charge in [-0.15, -0.1) is 0 Å². The molecule has 0 aliphatic heterocycles. The molecule has 0 saturated heterocycles. The van der Waals surface area contributed by atoms with E-state index in [-0.39, 0.29) is 24.0 Å². The normalized spacial score (nSPS) is 13.1. The van der Waals surface area contributed by atoms with Gasteiger partial charge in [0.2, 0.25) is 5.56 Å². The molecule has 128 valence electrons. The van der Waals surface area contributed by atoms with E-state index >= 15 is 0 Å². The molecule has 4 N–H and O–H groups in total. The summed E-state index contributed by atoms with van der Waals surface area (Å²) in [5, 5.41) is 14.8.